The maximum Gasteiger partial charge on any atom is 0.255 e. The van der Waals surface area contributed by atoms with Crippen molar-refractivity contribution in [2.45, 2.75) is 64.3 Å². The van der Waals surface area contributed by atoms with Crippen LogP contribution in [-0.2, 0) is 27.4 Å². The molecule has 0 spiro atoms. The van der Waals surface area contributed by atoms with Gasteiger partial charge in [0.1, 0.15) is 5.75 Å². The Labute approximate surface area is 257 Å². The Morgan fingerprint density at radius 3 is 2.64 bits per heavy atom. The van der Waals surface area contributed by atoms with Crippen LogP contribution in [0, 0.1) is 13.8 Å². The summed E-state index contributed by atoms with van der Waals surface area (Å²) in [5.41, 5.74) is 4.14. The van der Waals surface area contributed by atoms with Crippen LogP contribution in [0.1, 0.15) is 52.0 Å². The molecule has 4 aliphatic rings. The van der Waals surface area contributed by atoms with E-state index in [1.54, 1.807) is 23.1 Å². The summed E-state index contributed by atoms with van der Waals surface area (Å²) in [6, 6.07) is 14.8. The number of carbonyl (C=O) groups is 3. The maximum absolute atomic E-state index is 13.5. The highest BCUT2D eigenvalue weighted by Crippen LogP contribution is 2.34. The summed E-state index contributed by atoms with van der Waals surface area (Å²) in [5.74, 6) is 1.29. The van der Waals surface area contributed by atoms with Crippen molar-refractivity contribution in [1.29, 1.82) is 0 Å². The number of nitrogens with one attached hydrogen (secondary N) is 1. The Morgan fingerprint density at radius 1 is 1.02 bits per heavy atom. The predicted octanol–water partition coefficient (Wildman–Crippen LogP) is 3.96. The van der Waals surface area contributed by atoms with Crippen LogP contribution in [0.3, 0.4) is 0 Å². The lowest BCUT2D eigenvalue weighted by Gasteiger charge is -2.25. The van der Waals surface area contributed by atoms with Gasteiger partial charge in [-0.1, -0.05) is 18.2 Å². The summed E-state index contributed by atoms with van der Waals surface area (Å²) >= 11 is 0. The molecule has 2 atom stereocenters. The number of fused-ring (bicyclic) bond motifs is 9. The fourth-order valence-corrected chi connectivity index (χ4v) is 5.78. The number of aromatic nitrogens is 1. The predicted molar refractivity (Wildman–Crippen MR) is 163 cm³/mol. The molecular weight excluding hydrogens is 560 g/mol. The van der Waals surface area contributed by atoms with Crippen LogP contribution in [0.15, 0.2) is 54.7 Å². The smallest absolute Gasteiger partial charge is 0.255 e. The Hall–Kier alpha value is -4.44. The molecule has 2 fully saturated rings. The van der Waals surface area contributed by atoms with Crippen LogP contribution < -0.4 is 14.8 Å². The third-order valence-corrected chi connectivity index (χ3v) is 8.55. The van der Waals surface area contributed by atoms with Crippen molar-refractivity contribution < 1.29 is 28.6 Å². The molecule has 7 rings (SSSR count). The minimum absolute atomic E-state index is 0.0279. The van der Waals surface area contributed by atoms with E-state index < -0.39 is 12.1 Å². The number of hydrogen-bond acceptors (Lipinski definition) is 7. The van der Waals surface area contributed by atoms with Gasteiger partial charge in [-0.2, -0.15) is 0 Å². The molecule has 3 amide bonds. The monoisotopic (exact) mass is 598 g/mol. The topological polar surface area (TPSA) is 110 Å². The minimum Gasteiger partial charge on any atom is -0.493 e. The van der Waals surface area contributed by atoms with Crippen molar-refractivity contribution in [3.05, 3.63) is 82.7 Å². The van der Waals surface area contributed by atoms with Crippen LogP contribution in [-0.4, -0.2) is 77.4 Å². The van der Waals surface area contributed by atoms with Gasteiger partial charge in [-0.05, 0) is 80.1 Å². The van der Waals surface area contributed by atoms with Gasteiger partial charge in [0, 0.05) is 37.4 Å². The first-order chi connectivity index (χ1) is 21.3. The number of pyridine rings is 1. The lowest BCUT2D eigenvalue weighted by molar-refractivity contribution is -0.137. The molecule has 1 N–H and O–H groups in total. The molecule has 4 bridgehead atoms. The highest BCUT2D eigenvalue weighted by atomic mass is 16.5. The van der Waals surface area contributed by atoms with E-state index in [1.165, 1.54) is 0 Å². The summed E-state index contributed by atoms with van der Waals surface area (Å²) in [6.07, 6.45) is 3.70. The minimum atomic E-state index is -0.452. The molecule has 10 heteroatoms. The molecule has 1 saturated heterocycles. The Balaban J connectivity index is 1.27. The van der Waals surface area contributed by atoms with Gasteiger partial charge in [-0.3, -0.25) is 19.4 Å². The second-order valence-electron chi connectivity index (χ2n) is 11.8. The number of ether oxygens (including phenoxy) is 3. The number of nitrogens with zero attached hydrogens (tertiary/aromatic N) is 3. The number of aryl methyl sites for hydroxylation is 3. The van der Waals surface area contributed by atoms with Gasteiger partial charge < -0.3 is 29.3 Å². The number of amides is 3. The SMILES string of the molecule is COc1cc2ccc1Oc1cccc(c1)CO[C@H]1CN(C(=O)c3cnc(C)c(C)c3)C[C@@H]1NC(=O)CN(C1CC1)C(=O)CC2. The van der Waals surface area contributed by atoms with Crippen molar-refractivity contribution in [2.75, 3.05) is 26.7 Å². The lowest BCUT2D eigenvalue weighted by Crippen LogP contribution is -2.49. The van der Waals surface area contributed by atoms with Crippen molar-refractivity contribution in [1.82, 2.24) is 20.1 Å². The van der Waals surface area contributed by atoms with Gasteiger partial charge >= 0.3 is 0 Å². The van der Waals surface area contributed by atoms with E-state index in [1.807, 2.05) is 62.4 Å². The molecule has 1 aromatic heterocycles. The van der Waals surface area contributed by atoms with Crippen molar-refractivity contribution >= 4 is 17.7 Å². The third-order valence-electron chi connectivity index (χ3n) is 8.55. The normalized spacial score (nSPS) is 21.1. The Kier molecular flexibility index (Phi) is 8.52. The molecule has 1 aliphatic carbocycles. The van der Waals surface area contributed by atoms with Crippen LogP contribution >= 0.6 is 0 Å². The highest BCUT2D eigenvalue weighted by molar-refractivity contribution is 5.94. The van der Waals surface area contributed by atoms with Crippen LogP contribution in [0.25, 0.3) is 0 Å². The van der Waals surface area contributed by atoms with Crippen LogP contribution in [0.4, 0.5) is 0 Å². The number of benzene rings is 2. The lowest BCUT2D eigenvalue weighted by atomic mass is 10.1. The summed E-state index contributed by atoms with van der Waals surface area (Å²) < 4.78 is 18.2. The van der Waals surface area contributed by atoms with Crippen molar-refractivity contribution in [3.8, 4) is 17.2 Å². The first-order valence-corrected chi connectivity index (χ1v) is 15.1. The van der Waals surface area contributed by atoms with E-state index in [2.05, 4.69) is 10.3 Å². The molecule has 4 heterocycles. The third kappa shape index (κ3) is 6.70. The van der Waals surface area contributed by atoms with Gasteiger partial charge in [-0.25, -0.2) is 0 Å². The van der Waals surface area contributed by atoms with E-state index in [-0.39, 0.29) is 49.9 Å². The second kappa shape index (κ2) is 12.7. The van der Waals surface area contributed by atoms with Gasteiger partial charge in [0.05, 0.1) is 38.0 Å². The van der Waals surface area contributed by atoms with Crippen molar-refractivity contribution in [3.63, 3.8) is 0 Å². The standard InChI is InChI=1S/C34H38N4O6/c1-21-13-25(16-35-22(21)2)34(41)37-17-28-31(18-37)43-20-24-5-4-6-27(14-24)44-29-11-7-23(15-30(29)42-3)8-12-33(40)38(26-9-10-26)19-32(39)36-28/h4-7,11,13-16,26,28,31H,8-10,12,17-20H2,1-3H3,(H,36,39)/t28-,31-/m0/s1. The molecule has 2 aromatic carbocycles. The largest absolute Gasteiger partial charge is 0.493 e. The van der Waals surface area contributed by atoms with Crippen molar-refractivity contribution in [2.24, 2.45) is 0 Å². The molecule has 0 unspecified atom stereocenters. The van der Waals surface area contributed by atoms with Crippen LogP contribution in [0.2, 0.25) is 0 Å². The van der Waals surface area contributed by atoms with E-state index in [0.29, 0.717) is 35.8 Å². The molecule has 0 radical (unpaired) electrons. The molecule has 44 heavy (non-hydrogen) atoms. The number of methoxy groups -OCH3 is 1. The summed E-state index contributed by atoms with van der Waals surface area (Å²) in [6.45, 7) is 4.65. The number of rotatable bonds is 3. The van der Waals surface area contributed by atoms with E-state index in [4.69, 9.17) is 14.2 Å². The first kappa shape index (κ1) is 29.6. The average Bonchev–Trinajstić information content (AvgIpc) is 3.79. The molecular formula is C34H38N4O6. The Morgan fingerprint density at radius 2 is 1.86 bits per heavy atom. The quantitative estimate of drug-likeness (QED) is 0.486. The molecule has 10 nitrogen and oxygen atoms in total. The summed E-state index contributed by atoms with van der Waals surface area (Å²) in [7, 11) is 1.59. The second-order valence-corrected chi connectivity index (χ2v) is 11.8. The number of likely N-dealkylation sites (tertiary alicyclic amines) is 1. The average molecular weight is 599 g/mol. The van der Waals surface area contributed by atoms with E-state index in [9.17, 15) is 14.4 Å². The zero-order valence-corrected chi connectivity index (χ0v) is 25.4. The maximum atomic E-state index is 13.5. The van der Waals surface area contributed by atoms with Crippen LogP contribution in [0.5, 0.6) is 17.2 Å². The number of carbonyl (C=O) groups excluding carboxylic acids is 3. The molecule has 3 aliphatic heterocycles. The fraction of sp³-hybridized carbons (Fsp3) is 0.412. The Bertz CT molecular complexity index is 1570. The zero-order valence-electron chi connectivity index (χ0n) is 25.4. The summed E-state index contributed by atoms with van der Waals surface area (Å²) in [5, 5.41) is 3.09. The number of hydrogen-bond donors (Lipinski definition) is 1. The van der Waals surface area contributed by atoms with Gasteiger partial charge in [0.25, 0.3) is 5.91 Å². The molecule has 1 saturated carbocycles. The van der Waals surface area contributed by atoms with Gasteiger partial charge in [0.15, 0.2) is 11.5 Å². The van der Waals surface area contributed by atoms with E-state index in [0.717, 1.165) is 35.2 Å². The van der Waals surface area contributed by atoms with Gasteiger partial charge in [0.2, 0.25) is 11.8 Å². The first-order valence-electron chi connectivity index (χ1n) is 15.1. The van der Waals surface area contributed by atoms with E-state index >= 15 is 0 Å². The summed E-state index contributed by atoms with van der Waals surface area (Å²) in [4.78, 5) is 48.0. The molecule has 230 valence electrons. The highest BCUT2D eigenvalue weighted by Gasteiger charge is 2.39. The fourth-order valence-electron chi connectivity index (χ4n) is 5.78. The molecule has 3 aromatic rings. The zero-order chi connectivity index (χ0) is 30.8. The van der Waals surface area contributed by atoms with Gasteiger partial charge in [-0.15, -0.1) is 0 Å².